The molecule has 102 valence electrons. The predicted molar refractivity (Wildman–Crippen MR) is 81.5 cm³/mol. The van der Waals surface area contributed by atoms with Crippen LogP contribution in [-0.4, -0.2) is 22.6 Å². The summed E-state index contributed by atoms with van der Waals surface area (Å²) in [4.78, 5) is 2.61. The van der Waals surface area contributed by atoms with Crippen molar-refractivity contribution in [1.29, 1.82) is 0 Å². The summed E-state index contributed by atoms with van der Waals surface area (Å²) >= 11 is 0. The maximum absolute atomic E-state index is 2.61. The van der Waals surface area contributed by atoms with Crippen molar-refractivity contribution >= 4 is 10.9 Å². The van der Waals surface area contributed by atoms with E-state index in [2.05, 4.69) is 47.7 Å². The van der Waals surface area contributed by atoms with Crippen LogP contribution in [0.3, 0.4) is 0 Å². The number of piperidine rings is 1. The van der Waals surface area contributed by atoms with Gasteiger partial charge in [0.1, 0.15) is 0 Å². The third-order valence-corrected chi connectivity index (χ3v) is 4.37. The number of benzene rings is 1. The zero-order valence-corrected chi connectivity index (χ0v) is 12.2. The fraction of sp³-hybridized carbons (Fsp3) is 0.529. The highest BCUT2D eigenvalue weighted by Gasteiger charge is 2.14. The molecule has 2 nitrogen and oxygen atoms in total. The van der Waals surface area contributed by atoms with Crippen LogP contribution in [0.15, 0.2) is 24.4 Å². The van der Waals surface area contributed by atoms with Gasteiger partial charge in [-0.3, -0.25) is 4.90 Å². The van der Waals surface area contributed by atoms with Gasteiger partial charge in [0.05, 0.1) is 5.52 Å². The minimum atomic E-state index is 1.06. The van der Waals surface area contributed by atoms with Gasteiger partial charge >= 0.3 is 0 Å². The maximum atomic E-state index is 2.61. The lowest BCUT2D eigenvalue weighted by molar-refractivity contribution is 0.221. The second-order valence-electron chi connectivity index (χ2n) is 5.75. The molecule has 0 spiro atoms. The molecule has 0 amide bonds. The molecular weight excluding hydrogens is 232 g/mol. The number of hydrogen-bond donors (Lipinski definition) is 0. The van der Waals surface area contributed by atoms with Crippen molar-refractivity contribution < 1.29 is 0 Å². The first kappa shape index (κ1) is 12.7. The van der Waals surface area contributed by atoms with Crippen LogP contribution in [0.2, 0.25) is 0 Å². The highest BCUT2D eigenvalue weighted by atomic mass is 15.1. The van der Waals surface area contributed by atoms with Crippen molar-refractivity contribution in [3.63, 3.8) is 0 Å². The number of aryl methyl sites for hydroxylation is 2. The minimum Gasteiger partial charge on any atom is -0.347 e. The lowest BCUT2D eigenvalue weighted by Crippen LogP contribution is -2.28. The Bertz CT molecular complexity index is 562. The molecule has 1 aliphatic rings. The second kappa shape index (κ2) is 5.38. The SMILES string of the molecule is CCn1cc(CN2CCCCC2)c2cccc(C)c21. The lowest BCUT2D eigenvalue weighted by Gasteiger charge is -2.26. The molecule has 2 heteroatoms. The van der Waals surface area contributed by atoms with Gasteiger partial charge in [0.2, 0.25) is 0 Å². The van der Waals surface area contributed by atoms with Crippen molar-refractivity contribution in [2.24, 2.45) is 0 Å². The van der Waals surface area contributed by atoms with Crippen LogP contribution in [-0.2, 0) is 13.1 Å². The number of nitrogens with zero attached hydrogens (tertiary/aromatic N) is 2. The van der Waals surface area contributed by atoms with E-state index in [1.807, 2.05) is 0 Å². The summed E-state index contributed by atoms with van der Waals surface area (Å²) in [5.41, 5.74) is 4.32. The summed E-state index contributed by atoms with van der Waals surface area (Å²) in [6.07, 6.45) is 6.51. The van der Waals surface area contributed by atoms with Crippen LogP contribution in [0.1, 0.15) is 37.3 Å². The van der Waals surface area contributed by atoms with E-state index in [0.717, 1.165) is 13.1 Å². The Morgan fingerprint density at radius 1 is 1.11 bits per heavy atom. The molecule has 0 unspecified atom stereocenters. The third kappa shape index (κ3) is 2.42. The van der Waals surface area contributed by atoms with Crippen molar-refractivity contribution in [1.82, 2.24) is 9.47 Å². The molecule has 0 aliphatic carbocycles. The molecule has 0 saturated carbocycles. The van der Waals surface area contributed by atoms with Crippen molar-refractivity contribution in [2.45, 2.75) is 46.2 Å². The van der Waals surface area contributed by atoms with Crippen LogP contribution in [0.25, 0.3) is 10.9 Å². The van der Waals surface area contributed by atoms with E-state index in [1.165, 1.54) is 54.4 Å². The molecule has 19 heavy (non-hydrogen) atoms. The summed E-state index contributed by atoms with van der Waals surface area (Å²) in [5.74, 6) is 0. The molecule has 0 N–H and O–H groups in total. The molecule has 1 saturated heterocycles. The van der Waals surface area contributed by atoms with Crippen molar-refractivity contribution in [3.8, 4) is 0 Å². The van der Waals surface area contributed by atoms with E-state index in [4.69, 9.17) is 0 Å². The minimum absolute atomic E-state index is 1.06. The first-order valence-corrected chi connectivity index (χ1v) is 7.59. The highest BCUT2D eigenvalue weighted by Crippen LogP contribution is 2.26. The Morgan fingerprint density at radius 2 is 1.89 bits per heavy atom. The molecule has 1 fully saturated rings. The van der Waals surface area contributed by atoms with Crippen LogP contribution in [0, 0.1) is 6.92 Å². The van der Waals surface area contributed by atoms with Gasteiger partial charge in [-0.05, 0) is 50.9 Å². The van der Waals surface area contributed by atoms with Gasteiger partial charge in [-0.2, -0.15) is 0 Å². The number of likely N-dealkylation sites (tertiary alicyclic amines) is 1. The normalized spacial score (nSPS) is 17.2. The molecule has 0 atom stereocenters. The first-order chi connectivity index (χ1) is 9.29. The highest BCUT2D eigenvalue weighted by molar-refractivity contribution is 5.86. The number of fused-ring (bicyclic) bond motifs is 1. The van der Waals surface area contributed by atoms with Crippen LogP contribution in [0.4, 0.5) is 0 Å². The summed E-state index contributed by atoms with van der Waals surface area (Å²) < 4.78 is 2.41. The average Bonchev–Trinajstić information content (AvgIpc) is 2.80. The third-order valence-electron chi connectivity index (χ3n) is 4.37. The van der Waals surface area contributed by atoms with Gasteiger partial charge in [-0.15, -0.1) is 0 Å². The predicted octanol–water partition coefficient (Wildman–Crippen LogP) is 3.96. The first-order valence-electron chi connectivity index (χ1n) is 7.59. The Labute approximate surface area is 116 Å². The smallest absolute Gasteiger partial charge is 0.0513 e. The van der Waals surface area contributed by atoms with Gasteiger partial charge in [0.25, 0.3) is 0 Å². The van der Waals surface area contributed by atoms with Gasteiger partial charge in [0.15, 0.2) is 0 Å². The molecule has 2 aromatic rings. The Morgan fingerprint density at radius 3 is 2.63 bits per heavy atom. The zero-order chi connectivity index (χ0) is 13.2. The molecule has 2 heterocycles. The van der Waals surface area contributed by atoms with Gasteiger partial charge in [-0.25, -0.2) is 0 Å². The number of para-hydroxylation sites is 1. The largest absolute Gasteiger partial charge is 0.347 e. The molecule has 1 aliphatic heterocycles. The molecular formula is C17H24N2. The fourth-order valence-corrected chi connectivity index (χ4v) is 3.36. The lowest BCUT2D eigenvalue weighted by atomic mass is 10.1. The van der Waals surface area contributed by atoms with Crippen LogP contribution >= 0.6 is 0 Å². The summed E-state index contributed by atoms with van der Waals surface area (Å²) in [5, 5.41) is 1.45. The van der Waals surface area contributed by atoms with E-state index in [-0.39, 0.29) is 0 Å². The topological polar surface area (TPSA) is 8.17 Å². The van der Waals surface area contributed by atoms with E-state index in [1.54, 1.807) is 0 Å². The fourth-order valence-electron chi connectivity index (χ4n) is 3.36. The van der Waals surface area contributed by atoms with Crippen LogP contribution in [0.5, 0.6) is 0 Å². The number of hydrogen-bond acceptors (Lipinski definition) is 1. The van der Waals surface area contributed by atoms with Crippen molar-refractivity contribution in [2.75, 3.05) is 13.1 Å². The van der Waals surface area contributed by atoms with Gasteiger partial charge in [-0.1, -0.05) is 24.6 Å². The summed E-state index contributed by atoms with van der Waals surface area (Å²) in [7, 11) is 0. The number of aromatic nitrogens is 1. The van der Waals surface area contributed by atoms with Crippen molar-refractivity contribution in [3.05, 3.63) is 35.5 Å². The Kier molecular flexibility index (Phi) is 3.61. The Balaban J connectivity index is 1.96. The standard InChI is InChI=1S/C17H24N2/c1-3-19-13-15(12-18-10-5-4-6-11-18)16-9-7-8-14(2)17(16)19/h7-9,13H,3-6,10-12H2,1-2H3. The quantitative estimate of drug-likeness (QED) is 0.807. The summed E-state index contributed by atoms with van der Waals surface area (Å²) in [6, 6.07) is 6.70. The van der Waals surface area contributed by atoms with E-state index in [0.29, 0.717) is 0 Å². The van der Waals surface area contributed by atoms with Gasteiger partial charge < -0.3 is 4.57 Å². The number of rotatable bonds is 3. The van der Waals surface area contributed by atoms with Gasteiger partial charge in [0, 0.05) is 24.7 Å². The molecule has 0 bridgehead atoms. The Hall–Kier alpha value is -1.28. The van der Waals surface area contributed by atoms with Crippen LogP contribution < -0.4 is 0 Å². The summed E-state index contributed by atoms with van der Waals surface area (Å²) in [6.45, 7) is 9.17. The maximum Gasteiger partial charge on any atom is 0.0513 e. The molecule has 1 aromatic heterocycles. The molecule has 0 radical (unpaired) electrons. The zero-order valence-electron chi connectivity index (χ0n) is 12.2. The van der Waals surface area contributed by atoms with E-state index in [9.17, 15) is 0 Å². The monoisotopic (exact) mass is 256 g/mol. The molecule has 3 rings (SSSR count). The van der Waals surface area contributed by atoms with E-state index >= 15 is 0 Å². The average molecular weight is 256 g/mol. The molecule has 1 aromatic carbocycles. The second-order valence-corrected chi connectivity index (χ2v) is 5.75. The van der Waals surface area contributed by atoms with E-state index < -0.39 is 0 Å².